The molecule has 0 aliphatic heterocycles. The average Bonchev–Trinajstić information content (AvgIpc) is 3.44. The first-order chi connectivity index (χ1) is 28.2. The molecule has 4 N–H and O–H groups in total. The fourth-order valence-corrected chi connectivity index (χ4v) is 7.78. The van der Waals surface area contributed by atoms with Gasteiger partial charge in [-0.05, 0) is 50.9 Å². The molecule has 1 aliphatic carbocycles. The summed E-state index contributed by atoms with van der Waals surface area (Å²) in [5.41, 5.74) is 0. The predicted octanol–water partition coefficient (Wildman–Crippen LogP) is 9.29. The molecule has 0 radical (unpaired) electrons. The molecule has 0 spiro atoms. The number of unbranched alkanes of at least 4 members (excludes halogenated alkanes) is 15. The van der Waals surface area contributed by atoms with Crippen molar-refractivity contribution in [1.29, 1.82) is 0 Å². The standard InChI is InChI=1S/C46H84NO11P/c1-6-8-10-11-12-13-14-15-16-17-18-19-20-21-22-23-25-30-45(51)55-37-40(38-57-59(53,54)56-35-34-47(3,4)5)58-46(52)31-27-26-29-41-42(44(50)36-43(41)49)33-32-39(48)28-24-9-7-2/h15-16,26-27,32-33,39-44,48-50H,6-14,17-25,28-31,34-38H2,1-5H3/p+1/b16-15-,27-26-,33-32+/t39-,40-,41+,42-,43+,44-/m1/s1. The number of likely N-dealkylation sites (N-methyl/N-ethyl adjacent to an activating group) is 1. The number of aliphatic hydroxyl groups is 3. The van der Waals surface area contributed by atoms with Gasteiger partial charge in [-0.2, -0.15) is 0 Å². The van der Waals surface area contributed by atoms with Crippen LogP contribution in [0.3, 0.4) is 0 Å². The van der Waals surface area contributed by atoms with Gasteiger partial charge in [0.15, 0.2) is 6.10 Å². The van der Waals surface area contributed by atoms with Crippen molar-refractivity contribution in [3.63, 3.8) is 0 Å². The Bertz CT molecular complexity index is 1220. The number of aliphatic hydroxyl groups excluding tert-OH is 3. The highest BCUT2D eigenvalue weighted by Gasteiger charge is 2.39. The van der Waals surface area contributed by atoms with Gasteiger partial charge in [-0.1, -0.05) is 134 Å². The monoisotopic (exact) mass is 859 g/mol. The predicted molar refractivity (Wildman–Crippen MR) is 235 cm³/mol. The van der Waals surface area contributed by atoms with Crippen LogP contribution in [0.25, 0.3) is 0 Å². The maximum Gasteiger partial charge on any atom is 0.472 e. The molecule has 0 aromatic heterocycles. The van der Waals surface area contributed by atoms with Crippen molar-refractivity contribution in [2.75, 3.05) is 47.5 Å². The molecule has 0 bridgehead atoms. The van der Waals surface area contributed by atoms with Gasteiger partial charge in [-0.15, -0.1) is 0 Å². The highest BCUT2D eigenvalue weighted by Crippen LogP contribution is 2.43. The molecular weight excluding hydrogens is 773 g/mol. The van der Waals surface area contributed by atoms with Gasteiger partial charge in [0.2, 0.25) is 0 Å². The quantitative estimate of drug-likeness (QED) is 0.0154. The highest BCUT2D eigenvalue weighted by atomic mass is 31.2. The second-order valence-corrected chi connectivity index (χ2v) is 18.9. The second kappa shape index (κ2) is 33.7. The van der Waals surface area contributed by atoms with Crippen molar-refractivity contribution >= 4 is 19.8 Å². The number of nitrogens with zero attached hydrogens (tertiary/aromatic N) is 1. The fourth-order valence-electron chi connectivity index (χ4n) is 7.04. The number of hydrogen-bond donors (Lipinski definition) is 4. The minimum atomic E-state index is -4.47. The number of phosphoric acid groups is 1. The van der Waals surface area contributed by atoms with Gasteiger partial charge in [0.1, 0.15) is 19.8 Å². The number of carbonyl (C=O) groups excluding carboxylic acids is 2. The third kappa shape index (κ3) is 30.7. The van der Waals surface area contributed by atoms with Gasteiger partial charge < -0.3 is 34.2 Å². The molecule has 0 aromatic carbocycles. The number of allylic oxidation sites excluding steroid dienone is 3. The van der Waals surface area contributed by atoms with Crippen LogP contribution >= 0.6 is 7.82 Å². The van der Waals surface area contributed by atoms with Gasteiger partial charge in [0.25, 0.3) is 0 Å². The van der Waals surface area contributed by atoms with E-state index in [2.05, 4.69) is 26.0 Å². The average molecular weight is 859 g/mol. The third-order valence-electron chi connectivity index (χ3n) is 10.7. The zero-order valence-electron chi connectivity index (χ0n) is 37.6. The summed E-state index contributed by atoms with van der Waals surface area (Å²) in [5.74, 6) is -1.73. The summed E-state index contributed by atoms with van der Waals surface area (Å²) in [6.45, 7) is 3.93. The van der Waals surface area contributed by atoms with E-state index in [-0.39, 0.29) is 44.3 Å². The Morgan fingerprint density at radius 3 is 1.97 bits per heavy atom. The number of quaternary nitrogens is 1. The van der Waals surface area contributed by atoms with Gasteiger partial charge >= 0.3 is 19.8 Å². The molecule has 0 saturated heterocycles. The van der Waals surface area contributed by atoms with E-state index < -0.39 is 50.8 Å². The number of ether oxygens (including phenoxy) is 2. The summed E-state index contributed by atoms with van der Waals surface area (Å²) in [4.78, 5) is 35.7. The molecular formula is C46H85NO11P+. The van der Waals surface area contributed by atoms with E-state index in [0.29, 0.717) is 30.3 Å². The van der Waals surface area contributed by atoms with E-state index in [1.54, 1.807) is 24.3 Å². The van der Waals surface area contributed by atoms with E-state index in [1.807, 2.05) is 21.1 Å². The van der Waals surface area contributed by atoms with Crippen LogP contribution < -0.4 is 0 Å². The van der Waals surface area contributed by atoms with Crippen LogP contribution in [0.15, 0.2) is 36.5 Å². The van der Waals surface area contributed by atoms with Crippen LogP contribution in [0.2, 0.25) is 0 Å². The van der Waals surface area contributed by atoms with Crippen molar-refractivity contribution in [3.8, 4) is 0 Å². The van der Waals surface area contributed by atoms with Crippen LogP contribution in [0, 0.1) is 11.8 Å². The van der Waals surface area contributed by atoms with Crippen LogP contribution in [-0.2, 0) is 32.7 Å². The molecule has 1 saturated carbocycles. The number of carbonyl (C=O) groups is 2. The smallest absolute Gasteiger partial charge is 0.462 e. The molecule has 12 nitrogen and oxygen atoms in total. The lowest BCUT2D eigenvalue weighted by Gasteiger charge is -2.24. The molecule has 1 rings (SSSR count). The van der Waals surface area contributed by atoms with E-state index in [4.69, 9.17) is 18.5 Å². The second-order valence-electron chi connectivity index (χ2n) is 17.4. The largest absolute Gasteiger partial charge is 0.472 e. The van der Waals surface area contributed by atoms with Crippen molar-refractivity contribution < 1.29 is 57.4 Å². The van der Waals surface area contributed by atoms with E-state index >= 15 is 0 Å². The maximum absolute atomic E-state index is 12.8. The zero-order chi connectivity index (χ0) is 43.8. The van der Waals surface area contributed by atoms with Gasteiger partial charge in [0, 0.05) is 18.8 Å². The lowest BCUT2D eigenvalue weighted by atomic mass is 9.89. The normalized spacial score (nSPS) is 20.8. The fraction of sp³-hybridized carbons (Fsp3) is 0.826. The Labute approximate surface area is 358 Å². The SMILES string of the molecule is CCCCCCCC/C=C\CCCCCCCCCC(=O)OC[C@H](COP(=O)(O)OCC[N+](C)(C)C)OC(=O)C/C=C\C[C@H]1[C@@H](/C=C/[C@H](O)CCCCC)[C@H](O)C[C@@H]1O. The highest BCUT2D eigenvalue weighted by molar-refractivity contribution is 7.47. The Hall–Kier alpha value is -1.89. The molecule has 0 amide bonds. The molecule has 1 fully saturated rings. The summed E-state index contributed by atoms with van der Waals surface area (Å²) in [6.07, 6.45) is 30.3. The molecule has 344 valence electrons. The van der Waals surface area contributed by atoms with E-state index in [0.717, 1.165) is 44.9 Å². The maximum atomic E-state index is 12.8. The summed E-state index contributed by atoms with van der Waals surface area (Å²) in [6, 6.07) is 0. The minimum absolute atomic E-state index is 0.0267. The number of phosphoric ester groups is 1. The lowest BCUT2D eigenvalue weighted by Crippen LogP contribution is -2.37. The van der Waals surface area contributed by atoms with E-state index in [9.17, 15) is 34.4 Å². The summed E-state index contributed by atoms with van der Waals surface area (Å²) < 4.78 is 34.2. The first kappa shape index (κ1) is 55.1. The summed E-state index contributed by atoms with van der Waals surface area (Å²) >= 11 is 0. The van der Waals surface area contributed by atoms with Crippen molar-refractivity contribution in [1.82, 2.24) is 0 Å². The Morgan fingerprint density at radius 1 is 0.746 bits per heavy atom. The van der Waals surface area contributed by atoms with E-state index in [1.165, 1.54) is 64.2 Å². The van der Waals surface area contributed by atoms with Crippen LogP contribution in [0.5, 0.6) is 0 Å². The molecule has 0 heterocycles. The van der Waals surface area contributed by atoms with Gasteiger partial charge in [-0.3, -0.25) is 18.6 Å². The Balaban J connectivity index is 2.53. The van der Waals surface area contributed by atoms with Crippen LogP contribution in [-0.4, -0.2) is 109 Å². The Kier molecular flexibility index (Phi) is 31.5. The summed E-state index contributed by atoms with van der Waals surface area (Å²) in [5, 5.41) is 31.4. The van der Waals surface area contributed by atoms with Crippen LogP contribution in [0.1, 0.15) is 162 Å². The molecule has 1 unspecified atom stereocenters. The zero-order valence-corrected chi connectivity index (χ0v) is 38.5. The minimum Gasteiger partial charge on any atom is -0.462 e. The summed E-state index contributed by atoms with van der Waals surface area (Å²) in [7, 11) is 1.28. The number of esters is 2. The molecule has 59 heavy (non-hydrogen) atoms. The number of hydrogen-bond acceptors (Lipinski definition) is 10. The molecule has 13 heteroatoms. The lowest BCUT2D eigenvalue weighted by molar-refractivity contribution is -0.870. The van der Waals surface area contributed by atoms with Crippen molar-refractivity contribution in [2.24, 2.45) is 11.8 Å². The van der Waals surface area contributed by atoms with Crippen LogP contribution in [0.4, 0.5) is 0 Å². The topological polar surface area (TPSA) is 169 Å². The van der Waals surface area contributed by atoms with Crippen molar-refractivity contribution in [3.05, 3.63) is 36.5 Å². The Morgan fingerprint density at radius 2 is 1.34 bits per heavy atom. The first-order valence-electron chi connectivity index (χ1n) is 23.0. The molecule has 7 atom stereocenters. The van der Waals surface area contributed by atoms with Crippen molar-refractivity contribution in [2.45, 2.75) is 186 Å². The van der Waals surface area contributed by atoms with Gasteiger partial charge in [0.05, 0.1) is 52.5 Å². The first-order valence-corrected chi connectivity index (χ1v) is 24.5. The molecule has 1 aliphatic rings. The van der Waals surface area contributed by atoms with Gasteiger partial charge in [-0.25, -0.2) is 4.57 Å². The third-order valence-corrected chi connectivity index (χ3v) is 11.7. The number of rotatable bonds is 37. The molecule has 0 aromatic rings.